The second-order valence-electron chi connectivity index (χ2n) is 5.22. The van der Waals surface area contributed by atoms with Crippen LogP contribution in [0.1, 0.15) is 35.9 Å². The number of nitrogens with zero attached hydrogens (tertiary/aromatic N) is 1. The monoisotopic (exact) mass is 350 g/mol. The Morgan fingerprint density at radius 2 is 2.00 bits per heavy atom. The molecule has 112 valence electrons. The minimum Gasteiger partial charge on any atom is -0.508 e. The van der Waals surface area contributed by atoms with Crippen LogP contribution < -0.4 is 5.32 Å². The van der Waals surface area contributed by atoms with Crippen molar-refractivity contribution in [2.75, 3.05) is 6.54 Å². The van der Waals surface area contributed by atoms with Crippen molar-refractivity contribution in [3.63, 3.8) is 0 Å². The van der Waals surface area contributed by atoms with Gasteiger partial charge in [-0.05, 0) is 60.0 Å². The Bertz CT molecular complexity index is 618. The van der Waals surface area contributed by atoms with E-state index in [2.05, 4.69) is 21.2 Å². The summed E-state index contributed by atoms with van der Waals surface area (Å²) in [5, 5.41) is 12.2. The van der Waals surface area contributed by atoms with Crippen LogP contribution in [-0.2, 0) is 6.42 Å². The molecule has 4 nitrogen and oxygen atoms in total. The number of carbonyl (C=O) groups excluding carboxylic acids is 1. The molecule has 1 aromatic heterocycles. The largest absolute Gasteiger partial charge is 0.508 e. The molecule has 0 unspecified atom stereocenters. The van der Waals surface area contributed by atoms with E-state index in [9.17, 15) is 9.90 Å². The molecule has 0 saturated heterocycles. The zero-order chi connectivity index (χ0) is 15.4. The number of hydrogen-bond acceptors (Lipinski definition) is 2. The maximum atomic E-state index is 12.2. The van der Waals surface area contributed by atoms with Crippen LogP contribution in [0.25, 0.3) is 0 Å². The third-order valence-electron chi connectivity index (χ3n) is 3.24. The number of halogens is 1. The number of phenolic OH excluding ortho intramolecular Hbond substituents is 1. The number of nitrogens with one attached hydrogen (secondary N) is 1. The number of phenols is 1. The van der Waals surface area contributed by atoms with Gasteiger partial charge in [-0.3, -0.25) is 4.79 Å². The van der Waals surface area contributed by atoms with Crippen LogP contribution in [0.15, 0.2) is 41.0 Å². The molecule has 1 heterocycles. The minimum atomic E-state index is -0.0758. The highest BCUT2D eigenvalue weighted by molar-refractivity contribution is 9.10. The number of carbonyl (C=O) groups is 1. The predicted molar refractivity (Wildman–Crippen MR) is 86.7 cm³/mol. The highest BCUT2D eigenvalue weighted by Gasteiger charge is 2.14. The molecular weight excluding hydrogens is 332 g/mol. The fourth-order valence-corrected chi connectivity index (χ4v) is 2.57. The van der Waals surface area contributed by atoms with Crippen molar-refractivity contribution in [2.45, 2.75) is 26.3 Å². The first kappa shape index (κ1) is 15.6. The molecule has 0 fully saturated rings. The number of benzene rings is 1. The lowest BCUT2D eigenvalue weighted by Crippen LogP contribution is -2.28. The van der Waals surface area contributed by atoms with Gasteiger partial charge in [0.15, 0.2) is 0 Å². The van der Waals surface area contributed by atoms with E-state index in [0.29, 0.717) is 12.2 Å². The minimum absolute atomic E-state index is 0.0758. The van der Waals surface area contributed by atoms with Gasteiger partial charge in [0.25, 0.3) is 5.91 Å². The summed E-state index contributed by atoms with van der Waals surface area (Å²) < 4.78 is 2.85. The Morgan fingerprint density at radius 1 is 1.33 bits per heavy atom. The normalized spacial score (nSPS) is 10.9. The Morgan fingerprint density at radius 3 is 2.62 bits per heavy atom. The average molecular weight is 351 g/mol. The summed E-state index contributed by atoms with van der Waals surface area (Å²) in [6.45, 7) is 4.64. The summed E-state index contributed by atoms with van der Waals surface area (Å²) >= 11 is 3.41. The first-order valence-corrected chi connectivity index (χ1v) is 7.70. The first-order valence-electron chi connectivity index (χ1n) is 6.91. The third kappa shape index (κ3) is 4.11. The molecule has 1 aromatic carbocycles. The van der Waals surface area contributed by atoms with E-state index in [1.54, 1.807) is 12.1 Å². The maximum Gasteiger partial charge on any atom is 0.267 e. The van der Waals surface area contributed by atoms with E-state index in [0.717, 1.165) is 16.5 Å². The van der Waals surface area contributed by atoms with E-state index >= 15 is 0 Å². The van der Waals surface area contributed by atoms with Crippen molar-refractivity contribution in [3.05, 3.63) is 52.3 Å². The van der Waals surface area contributed by atoms with Crippen molar-refractivity contribution in [1.29, 1.82) is 0 Å². The molecule has 0 bridgehead atoms. The number of rotatable bonds is 5. The van der Waals surface area contributed by atoms with Crippen LogP contribution in [0.5, 0.6) is 5.75 Å². The molecular formula is C16H19BrN2O2. The van der Waals surface area contributed by atoms with Crippen molar-refractivity contribution in [3.8, 4) is 5.75 Å². The number of hydrogen-bond donors (Lipinski definition) is 2. The summed E-state index contributed by atoms with van der Waals surface area (Å²) in [4.78, 5) is 12.2. The van der Waals surface area contributed by atoms with Crippen molar-refractivity contribution in [1.82, 2.24) is 9.88 Å². The summed E-state index contributed by atoms with van der Waals surface area (Å²) in [6.07, 6.45) is 2.65. The van der Waals surface area contributed by atoms with Crippen molar-refractivity contribution >= 4 is 21.8 Å². The molecule has 0 aliphatic carbocycles. The molecule has 5 heteroatoms. The van der Waals surface area contributed by atoms with E-state index in [-0.39, 0.29) is 17.7 Å². The van der Waals surface area contributed by atoms with Gasteiger partial charge in [-0.1, -0.05) is 12.1 Å². The summed E-state index contributed by atoms with van der Waals surface area (Å²) in [5.74, 6) is 0.176. The zero-order valence-electron chi connectivity index (χ0n) is 12.1. The summed E-state index contributed by atoms with van der Waals surface area (Å²) in [7, 11) is 0. The Balaban J connectivity index is 1.94. The number of amides is 1. The third-order valence-corrected chi connectivity index (χ3v) is 3.67. The van der Waals surface area contributed by atoms with Crippen molar-refractivity contribution < 1.29 is 9.90 Å². The van der Waals surface area contributed by atoms with Crippen LogP contribution >= 0.6 is 15.9 Å². The lowest BCUT2D eigenvalue weighted by atomic mass is 10.1. The standard InChI is InChI=1S/C16H19BrN2O2/c1-11(2)19-10-13(17)9-15(19)16(21)18-8-7-12-3-5-14(20)6-4-12/h3-6,9-11,20H,7-8H2,1-2H3,(H,18,21). The molecule has 0 spiro atoms. The van der Waals surface area contributed by atoms with Crippen LogP contribution in [0.4, 0.5) is 0 Å². The van der Waals surface area contributed by atoms with Gasteiger partial charge < -0.3 is 15.0 Å². The van der Waals surface area contributed by atoms with Gasteiger partial charge in [0.2, 0.25) is 0 Å². The van der Waals surface area contributed by atoms with Gasteiger partial charge in [-0.15, -0.1) is 0 Å². The fraction of sp³-hybridized carbons (Fsp3) is 0.312. The average Bonchev–Trinajstić information content (AvgIpc) is 2.83. The molecule has 0 saturated carbocycles. The second-order valence-corrected chi connectivity index (χ2v) is 6.13. The molecule has 2 N–H and O–H groups in total. The van der Waals surface area contributed by atoms with Crippen LogP contribution in [0.2, 0.25) is 0 Å². The molecule has 21 heavy (non-hydrogen) atoms. The van der Waals surface area contributed by atoms with Gasteiger partial charge in [-0.25, -0.2) is 0 Å². The Labute approximate surface area is 132 Å². The van der Waals surface area contributed by atoms with E-state index in [4.69, 9.17) is 0 Å². The molecule has 0 atom stereocenters. The molecule has 2 aromatic rings. The fourth-order valence-electron chi connectivity index (χ4n) is 2.13. The maximum absolute atomic E-state index is 12.2. The summed E-state index contributed by atoms with van der Waals surface area (Å²) in [6, 6.07) is 9.07. The second kappa shape index (κ2) is 6.80. The quantitative estimate of drug-likeness (QED) is 0.866. The van der Waals surface area contributed by atoms with Crippen LogP contribution in [0, 0.1) is 0 Å². The predicted octanol–water partition coefficient (Wildman–Crippen LogP) is 3.51. The lowest BCUT2D eigenvalue weighted by molar-refractivity contribution is 0.0943. The van der Waals surface area contributed by atoms with Crippen molar-refractivity contribution in [2.24, 2.45) is 0 Å². The van der Waals surface area contributed by atoms with E-state index in [1.807, 2.05) is 42.8 Å². The molecule has 2 rings (SSSR count). The van der Waals surface area contributed by atoms with E-state index < -0.39 is 0 Å². The lowest BCUT2D eigenvalue weighted by Gasteiger charge is -2.12. The van der Waals surface area contributed by atoms with Gasteiger partial charge >= 0.3 is 0 Å². The van der Waals surface area contributed by atoms with Crippen LogP contribution in [0.3, 0.4) is 0 Å². The summed E-state index contributed by atoms with van der Waals surface area (Å²) in [5.41, 5.74) is 1.73. The first-order chi connectivity index (χ1) is 9.97. The topological polar surface area (TPSA) is 54.3 Å². The molecule has 1 amide bonds. The van der Waals surface area contributed by atoms with Gasteiger partial charge in [-0.2, -0.15) is 0 Å². The van der Waals surface area contributed by atoms with Gasteiger partial charge in [0, 0.05) is 23.3 Å². The molecule has 0 aliphatic heterocycles. The zero-order valence-corrected chi connectivity index (χ0v) is 13.7. The molecule has 0 aliphatic rings. The highest BCUT2D eigenvalue weighted by Crippen LogP contribution is 2.19. The number of aromatic hydroxyl groups is 1. The highest BCUT2D eigenvalue weighted by atomic mass is 79.9. The SMILES string of the molecule is CC(C)n1cc(Br)cc1C(=O)NCCc1ccc(O)cc1. The van der Waals surface area contributed by atoms with E-state index in [1.165, 1.54) is 0 Å². The smallest absolute Gasteiger partial charge is 0.267 e. The van der Waals surface area contributed by atoms with Crippen LogP contribution in [-0.4, -0.2) is 22.1 Å². The van der Waals surface area contributed by atoms with Gasteiger partial charge in [0.05, 0.1) is 0 Å². The van der Waals surface area contributed by atoms with Gasteiger partial charge in [0.1, 0.15) is 11.4 Å². The Kier molecular flexibility index (Phi) is 5.07. The Hall–Kier alpha value is -1.75. The number of aromatic nitrogens is 1. The molecule has 0 radical (unpaired) electrons.